The van der Waals surface area contributed by atoms with Gasteiger partial charge in [0.2, 0.25) is 0 Å². The topological polar surface area (TPSA) is 76.1 Å². The molecule has 2 rings (SSSR count). The quantitative estimate of drug-likeness (QED) is 0.784. The molecule has 0 radical (unpaired) electrons. The summed E-state index contributed by atoms with van der Waals surface area (Å²) in [5, 5.41) is 0. The van der Waals surface area contributed by atoms with Crippen LogP contribution < -0.4 is 5.73 Å². The van der Waals surface area contributed by atoms with Gasteiger partial charge in [-0.15, -0.1) is 0 Å². The number of aromatic nitrogens is 4. The fourth-order valence-corrected chi connectivity index (χ4v) is 2.06. The van der Waals surface area contributed by atoms with E-state index in [4.69, 9.17) is 5.73 Å². The Kier molecular flexibility index (Phi) is 4.86. The van der Waals surface area contributed by atoms with Gasteiger partial charge in [-0.3, -0.25) is 0 Å². The van der Waals surface area contributed by atoms with Gasteiger partial charge in [-0.1, -0.05) is 0 Å². The van der Waals surface area contributed by atoms with Gasteiger partial charge in [-0.2, -0.15) is 0 Å². The summed E-state index contributed by atoms with van der Waals surface area (Å²) < 4.78 is 2.03. The van der Waals surface area contributed by atoms with Crippen LogP contribution in [-0.4, -0.2) is 70.1 Å². The summed E-state index contributed by atoms with van der Waals surface area (Å²) in [5.41, 5.74) is 7.28. The first-order chi connectivity index (χ1) is 9.58. The zero-order chi connectivity index (χ0) is 14.5. The molecule has 0 saturated heterocycles. The molecule has 2 N–H and O–H groups in total. The number of nitrogen functional groups attached to an aromatic ring is 1. The van der Waals surface area contributed by atoms with Crippen molar-refractivity contribution >= 4 is 17.0 Å². The average Bonchev–Trinajstić information content (AvgIpc) is 2.81. The lowest BCUT2D eigenvalue weighted by atomic mass is 10.3. The molecule has 0 atom stereocenters. The number of fused-ring (bicyclic) bond motifs is 1. The molecule has 0 saturated carbocycles. The zero-order valence-corrected chi connectivity index (χ0v) is 12.5. The Balaban J connectivity index is 1.86. The molecule has 0 aliphatic heterocycles. The summed E-state index contributed by atoms with van der Waals surface area (Å²) in [6.45, 7) is 4.09. The molecule has 110 valence electrons. The van der Waals surface area contributed by atoms with E-state index < -0.39 is 0 Å². The molecule has 2 heterocycles. The van der Waals surface area contributed by atoms with E-state index in [1.807, 2.05) is 4.57 Å². The number of nitrogens with zero attached hydrogens (tertiary/aromatic N) is 6. The van der Waals surface area contributed by atoms with Crippen molar-refractivity contribution in [3.05, 3.63) is 12.7 Å². The number of aryl methyl sites for hydroxylation is 1. The Morgan fingerprint density at radius 1 is 1.10 bits per heavy atom. The van der Waals surface area contributed by atoms with Crippen LogP contribution in [0.25, 0.3) is 11.2 Å². The maximum absolute atomic E-state index is 5.77. The highest BCUT2D eigenvalue weighted by atomic mass is 15.2. The van der Waals surface area contributed by atoms with E-state index in [1.54, 1.807) is 6.33 Å². The minimum absolute atomic E-state index is 0.442. The highest BCUT2D eigenvalue weighted by molar-refractivity contribution is 5.80. The fraction of sp³-hybridized carbons (Fsp3) is 0.615. The minimum Gasteiger partial charge on any atom is -0.382 e. The summed E-state index contributed by atoms with van der Waals surface area (Å²) in [4.78, 5) is 17.0. The molecule has 0 amide bonds. The van der Waals surface area contributed by atoms with Crippen molar-refractivity contribution in [2.75, 3.05) is 46.5 Å². The molecule has 0 bridgehead atoms. The highest BCUT2D eigenvalue weighted by Gasteiger charge is 2.07. The number of hydrogen-bond donors (Lipinski definition) is 1. The van der Waals surface area contributed by atoms with E-state index in [0.29, 0.717) is 11.3 Å². The molecule has 20 heavy (non-hydrogen) atoms. The second-order valence-corrected chi connectivity index (χ2v) is 5.33. The summed E-state index contributed by atoms with van der Waals surface area (Å²) >= 11 is 0. The van der Waals surface area contributed by atoms with Crippen LogP contribution in [0.3, 0.4) is 0 Å². The van der Waals surface area contributed by atoms with Crippen molar-refractivity contribution < 1.29 is 0 Å². The number of imidazole rings is 1. The van der Waals surface area contributed by atoms with Gasteiger partial charge in [0, 0.05) is 19.6 Å². The molecule has 0 spiro atoms. The number of rotatable bonds is 7. The largest absolute Gasteiger partial charge is 0.382 e. The third kappa shape index (κ3) is 3.64. The Labute approximate surface area is 119 Å². The van der Waals surface area contributed by atoms with Crippen LogP contribution in [0.4, 0.5) is 5.82 Å². The number of hydrogen-bond acceptors (Lipinski definition) is 6. The Hall–Kier alpha value is -1.73. The molecule has 0 aliphatic carbocycles. The van der Waals surface area contributed by atoms with Crippen LogP contribution in [0, 0.1) is 0 Å². The Morgan fingerprint density at radius 2 is 1.90 bits per heavy atom. The fourth-order valence-electron chi connectivity index (χ4n) is 2.06. The van der Waals surface area contributed by atoms with Crippen LogP contribution >= 0.6 is 0 Å². The van der Waals surface area contributed by atoms with Gasteiger partial charge in [0.15, 0.2) is 11.5 Å². The van der Waals surface area contributed by atoms with E-state index in [9.17, 15) is 0 Å². The standard InChI is InChI=1S/C13H23N7/c1-18(2)7-8-19(3)5-4-6-20-10-17-11-12(14)15-9-16-13(11)20/h9-10H,4-8H2,1-3H3,(H2,14,15,16). The van der Waals surface area contributed by atoms with Crippen LogP contribution in [0.15, 0.2) is 12.7 Å². The Bertz CT molecular complexity index is 549. The Morgan fingerprint density at radius 3 is 2.65 bits per heavy atom. The number of likely N-dealkylation sites (N-methyl/N-ethyl adjacent to an activating group) is 2. The molecule has 0 unspecified atom stereocenters. The van der Waals surface area contributed by atoms with Crippen molar-refractivity contribution in [2.45, 2.75) is 13.0 Å². The van der Waals surface area contributed by atoms with Crippen molar-refractivity contribution in [3.8, 4) is 0 Å². The second-order valence-electron chi connectivity index (χ2n) is 5.33. The van der Waals surface area contributed by atoms with Gasteiger partial charge in [0.1, 0.15) is 11.8 Å². The van der Waals surface area contributed by atoms with Crippen molar-refractivity contribution in [1.29, 1.82) is 0 Å². The molecule has 2 aromatic heterocycles. The predicted octanol–water partition coefficient (Wildman–Crippen LogP) is 0.292. The van der Waals surface area contributed by atoms with Gasteiger partial charge in [-0.25, -0.2) is 15.0 Å². The first-order valence-corrected chi connectivity index (χ1v) is 6.82. The van der Waals surface area contributed by atoms with Crippen LogP contribution in [-0.2, 0) is 6.54 Å². The molecule has 0 aliphatic rings. The summed E-state index contributed by atoms with van der Waals surface area (Å²) in [5.74, 6) is 0.442. The average molecular weight is 277 g/mol. The van der Waals surface area contributed by atoms with Gasteiger partial charge < -0.3 is 20.1 Å². The molecule has 0 aromatic carbocycles. The first-order valence-electron chi connectivity index (χ1n) is 6.82. The van der Waals surface area contributed by atoms with Crippen molar-refractivity contribution in [3.63, 3.8) is 0 Å². The molecular weight excluding hydrogens is 254 g/mol. The molecule has 7 heteroatoms. The third-order valence-electron chi connectivity index (χ3n) is 3.30. The molecule has 7 nitrogen and oxygen atoms in total. The smallest absolute Gasteiger partial charge is 0.165 e. The lowest BCUT2D eigenvalue weighted by Gasteiger charge is -2.19. The van der Waals surface area contributed by atoms with E-state index >= 15 is 0 Å². The number of nitrogens with two attached hydrogens (primary N) is 1. The summed E-state index contributed by atoms with van der Waals surface area (Å²) in [7, 11) is 6.33. The van der Waals surface area contributed by atoms with E-state index in [1.165, 1.54) is 6.33 Å². The van der Waals surface area contributed by atoms with Gasteiger partial charge in [0.05, 0.1) is 6.33 Å². The number of anilines is 1. The lowest BCUT2D eigenvalue weighted by molar-refractivity contribution is 0.276. The van der Waals surface area contributed by atoms with Crippen LogP contribution in [0.2, 0.25) is 0 Å². The van der Waals surface area contributed by atoms with E-state index in [-0.39, 0.29) is 0 Å². The van der Waals surface area contributed by atoms with Gasteiger partial charge in [0.25, 0.3) is 0 Å². The van der Waals surface area contributed by atoms with Crippen LogP contribution in [0.5, 0.6) is 0 Å². The van der Waals surface area contributed by atoms with E-state index in [0.717, 1.165) is 38.2 Å². The maximum atomic E-state index is 5.77. The molecular formula is C13H23N7. The highest BCUT2D eigenvalue weighted by Crippen LogP contribution is 2.14. The normalized spacial score (nSPS) is 11.8. The first kappa shape index (κ1) is 14.7. The van der Waals surface area contributed by atoms with Crippen molar-refractivity contribution in [1.82, 2.24) is 29.3 Å². The summed E-state index contributed by atoms with van der Waals surface area (Å²) in [6.07, 6.45) is 4.33. The zero-order valence-electron chi connectivity index (χ0n) is 12.5. The SMILES string of the molecule is CN(C)CCN(C)CCCn1cnc2c(N)ncnc21. The lowest BCUT2D eigenvalue weighted by Crippen LogP contribution is -2.29. The molecule has 2 aromatic rings. The van der Waals surface area contributed by atoms with Crippen LogP contribution in [0.1, 0.15) is 6.42 Å². The van der Waals surface area contributed by atoms with Gasteiger partial charge >= 0.3 is 0 Å². The van der Waals surface area contributed by atoms with Gasteiger partial charge in [-0.05, 0) is 34.1 Å². The second kappa shape index (κ2) is 6.62. The van der Waals surface area contributed by atoms with Crippen molar-refractivity contribution in [2.24, 2.45) is 0 Å². The van der Waals surface area contributed by atoms with E-state index in [2.05, 4.69) is 45.9 Å². The third-order valence-corrected chi connectivity index (χ3v) is 3.30. The monoisotopic (exact) mass is 277 g/mol. The minimum atomic E-state index is 0.442. The summed E-state index contributed by atoms with van der Waals surface area (Å²) in [6, 6.07) is 0. The maximum Gasteiger partial charge on any atom is 0.165 e. The predicted molar refractivity (Wildman–Crippen MR) is 80.4 cm³/mol. The molecule has 0 fully saturated rings.